The number of thioether (sulfide) groups is 1. The number of fused-ring (bicyclic) bond motifs is 1. The zero-order chi connectivity index (χ0) is 14.8. The maximum atomic E-state index is 11.9. The highest BCUT2D eigenvalue weighted by Gasteiger charge is 2.08. The van der Waals surface area contributed by atoms with Crippen LogP contribution in [0, 0.1) is 0 Å². The number of nitrogen functional groups attached to an aromatic ring is 1. The number of hydrogen-bond donors (Lipinski definition) is 1. The Bertz CT molecular complexity index is 841. The molecular formula is C15H13BrN2O2S. The van der Waals surface area contributed by atoms with Crippen molar-refractivity contribution in [1.29, 1.82) is 0 Å². The van der Waals surface area contributed by atoms with Crippen LogP contribution in [0.2, 0.25) is 0 Å². The van der Waals surface area contributed by atoms with Crippen molar-refractivity contribution >= 4 is 44.5 Å². The summed E-state index contributed by atoms with van der Waals surface area (Å²) >= 11 is 5.05. The quantitative estimate of drug-likeness (QED) is 0.565. The predicted molar refractivity (Wildman–Crippen MR) is 89.8 cm³/mol. The first-order chi connectivity index (χ1) is 10.1. The maximum absolute atomic E-state index is 11.9. The van der Waals surface area contributed by atoms with Crippen LogP contribution in [0.25, 0.3) is 11.1 Å². The van der Waals surface area contributed by atoms with E-state index in [0.29, 0.717) is 12.1 Å². The first-order valence-electron chi connectivity index (χ1n) is 6.41. The normalized spacial score (nSPS) is 11.1. The molecule has 0 unspecified atom stereocenters. The Labute approximate surface area is 134 Å². The molecular weight excluding hydrogens is 352 g/mol. The molecule has 4 nitrogen and oxygen atoms in total. The first kappa shape index (κ1) is 14.3. The second kappa shape index (κ2) is 5.99. The summed E-state index contributed by atoms with van der Waals surface area (Å²) in [7, 11) is 0. The summed E-state index contributed by atoms with van der Waals surface area (Å²) in [5.74, 6) is 0.420. The lowest BCUT2D eigenvalue weighted by Gasteiger charge is -2.06. The Morgan fingerprint density at radius 1 is 1.24 bits per heavy atom. The first-order valence-corrected chi connectivity index (χ1v) is 8.19. The maximum Gasteiger partial charge on any atom is 0.419 e. The topological polar surface area (TPSA) is 61.2 Å². The van der Waals surface area contributed by atoms with Crippen LogP contribution in [0.1, 0.15) is 0 Å². The minimum atomic E-state index is -0.320. The van der Waals surface area contributed by atoms with Gasteiger partial charge < -0.3 is 10.2 Å². The van der Waals surface area contributed by atoms with E-state index in [-0.39, 0.29) is 5.76 Å². The van der Waals surface area contributed by atoms with Crippen LogP contribution in [0.3, 0.4) is 0 Å². The lowest BCUT2D eigenvalue weighted by molar-refractivity contribution is 0.514. The van der Waals surface area contributed by atoms with Crippen molar-refractivity contribution in [1.82, 2.24) is 4.57 Å². The van der Waals surface area contributed by atoms with E-state index in [2.05, 4.69) is 15.9 Å². The SMILES string of the molecule is Nc1ccc(Br)cc1SCCn1c(=O)oc2ccccc21. The van der Waals surface area contributed by atoms with Gasteiger partial charge in [-0.05, 0) is 30.3 Å². The van der Waals surface area contributed by atoms with Gasteiger partial charge in [0.05, 0.1) is 5.52 Å². The van der Waals surface area contributed by atoms with Gasteiger partial charge in [0.2, 0.25) is 0 Å². The number of hydrogen-bond acceptors (Lipinski definition) is 4. The van der Waals surface area contributed by atoms with E-state index >= 15 is 0 Å². The van der Waals surface area contributed by atoms with Gasteiger partial charge in [-0.15, -0.1) is 11.8 Å². The highest BCUT2D eigenvalue weighted by Crippen LogP contribution is 2.28. The van der Waals surface area contributed by atoms with E-state index in [0.717, 1.165) is 26.3 Å². The van der Waals surface area contributed by atoms with Crippen LogP contribution in [-0.2, 0) is 6.54 Å². The van der Waals surface area contributed by atoms with Gasteiger partial charge in [-0.3, -0.25) is 4.57 Å². The Balaban J connectivity index is 1.77. The fraction of sp³-hybridized carbons (Fsp3) is 0.133. The zero-order valence-electron chi connectivity index (χ0n) is 11.1. The van der Waals surface area contributed by atoms with Crippen molar-refractivity contribution in [2.24, 2.45) is 0 Å². The summed E-state index contributed by atoms with van der Waals surface area (Å²) in [6.45, 7) is 0.576. The molecule has 21 heavy (non-hydrogen) atoms. The highest BCUT2D eigenvalue weighted by atomic mass is 79.9. The van der Waals surface area contributed by atoms with E-state index in [4.69, 9.17) is 10.2 Å². The molecule has 0 saturated carbocycles. The van der Waals surface area contributed by atoms with Crippen LogP contribution in [0.4, 0.5) is 5.69 Å². The van der Waals surface area contributed by atoms with Crippen LogP contribution < -0.4 is 11.5 Å². The Hall–Kier alpha value is -1.66. The minimum absolute atomic E-state index is 0.320. The molecule has 1 aromatic heterocycles. The van der Waals surface area contributed by atoms with Crippen molar-refractivity contribution in [3.05, 3.63) is 57.5 Å². The number of benzene rings is 2. The number of nitrogens with two attached hydrogens (primary N) is 1. The average molecular weight is 365 g/mol. The molecule has 0 aliphatic carbocycles. The summed E-state index contributed by atoms with van der Waals surface area (Å²) in [5, 5.41) is 0. The zero-order valence-corrected chi connectivity index (χ0v) is 13.5. The number of halogens is 1. The van der Waals surface area contributed by atoms with Gasteiger partial charge in [0.25, 0.3) is 0 Å². The molecule has 0 atom stereocenters. The standard InChI is InChI=1S/C15H13BrN2O2S/c16-10-5-6-11(17)14(9-10)21-8-7-18-12-3-1-2-4-13(12)20-15(18)19/h1-6,9H,7-8,17H2. The Kier molecular flexibility index (Phi) is 4.07. The van der Waals surface area contributed by atoms with Crippen LogP contribution in [-0.4, -0.2) is 10.3 Å². The van der Waals surface area contributed by atoms with Crippen molar-refractivity contribution in [2.45, 2.75) is 11.4 Å². The van der Waals surface area contributed by atoms with Crippen molar-refractivity contribution in [2.75, 3.05) is 11.5 Å². The third-order valence-corrected chi connectivity index (χ3v) is 4.67. The predicted octanol–water partition coefficient (Wildman–Crippen LogP) is 3.73. The number of aryl methyl sites for hydroxylation is 1. The highest BCUT2D eigenvalue weighted by molar-refractivity contribution is 9.10. The van der Waals surface area contributed by atoms with Gasteiger partial charge in [0, 0.05) is 27.4 Å². The molecule has 1 heterocycles. The van der Waals surface area contributed by atoms with Crippen molar-refractivity contribution in [3.8, 4) is 0 Å². The number of para-hydroxylation sites is 2. The molecule has 0 saturated heterocycles. The van der Waals surface area contributed by atoms with Gasteiger partial charge in [0.1, 0.15) is 0 Å². The second-order valence-corrected chi connectivity index (χ2v) is 6.57. The monoisotopic (exact) mass is 364 g/mol. The average Bonchev–Trinajstić information content (AvgIpc) is 2.79. The molecule has 6 heteroatoms. The summed E-state index contributed by atoms with van der Waals surface area (Å²) in [6.07, 6.45) is 0. The molecule has 3 rings (SSSR count). The molecule has 108 valence electrons. The smallest absolute Gasteiger partial charge is 0.408 e. The molecule has 3 aromatic rings. The number of anilines is 1. The Morgan fingerprint density at radius 3 is 2.90 bits per heavy atom. The van der Waals surface area contributed by atoms with E-state index in [1.54, 1.807) is 22.4 Å². The fourth-order valence-corrected chi connectivity index (χ4v) is 3.56. The Morgan fingerprint density at radius 2 is 2.05 bits per heavy atom. The van der Waals surface area contributed by atoms with Gasteiger partial charge in [-0.25, -0.2) is 4.79 Å². The lowest BCUT2D eigenvalue weighted by Crippen LogP contribution is -2.15. The number of rotatable bonds is 4. The third kappa shape index (κ3) is 3.01. The molecule has 0 radical (unpaired) electrons. The van der Waals surface area contributed by atoms with Crippen LogP contribution in [0.15, 0.2) is 61.0 Å². The van der Waals surface area contributed by atoms with Crippen LogP contribution >= 0.6 is 27.7 Å². The van der Waals surface area contributed by atoms with E-state index < -0.39 is 0 Å². The summed E-state index contributed by atoms with van der Waals surface area (Å²) in [4.78, 5) is 12.9. The van der Waals surface area contributed by atoms with Gasteiger partial charge >= 0.3 is 5.76 Å². The van der Waals surface area contributed by atoms with E-state index in [1.165, 1.54) is 0 Å². The van der Waals surface area contributed by atoms with Gasteiger partial charge in [0.15, 0.2) is 5.58 Å². The van der Waals surface area contributed by atoms with Crippen molar-refractivity contribution in [3.63, 3.8) is 0 Å². The summed E-state index contributed by atoms with van der Waals surface area (Å²) in [5.41, 5.74) is 8.13. The second-order valence-electron chi connectivity index (χ2n) is 4.52. The molecule has 0 aliphatic heterocycles. The molecule has 0 aliphatic rings. The largest absolute Gasteiger partial charge is 0.419 e. The molecule has 0 bridgehead atoms. The summed E-state index contributed by atoms with van der Waals surface area (Å²) in [6, 6.07) is 13.2. The minimum Gasteiger partial charge on any atom is -0.408 e. The van der Waals surface area contributed by atoms with Crippen LogP contribution in [0.5, 0.6) is 0 Å². The lowest BCUT2D eigenvalue weighted by atomic mass is 10.3. The van der Waals surface area contributed by atoms with Crippen molar-refractivity contribution < 1.29 is 4.42 Å². The summed E-state index contributed by atoms with van der Waals surface area (Å²) < 4.78 is 7.85. The molecule has 2 aromatic carbocycles. The number of nitrogens with zero attached hydrogens (tertiary/aromatic N) is 1. The van der Waals surface area contributed by atoms with Gasteiger partial charge in [-0.2, -0.15) is 0 Å². The van der Waals surface area contributed by atoms with E-state index in [1.807, 2.05) is 36.4 Å². The number of aromatic nitrogens is 1. The third-order valence-electron chi connectivity index (χ3n) is 3.12. The molecule has 0 amide bonds. The molecule has 0 fully saturated rings. The molecule has 0 spiro atoms. The van der Waals surface area contributed by atoms with Gasteiger partial charge in [-0.1, -0.05) is 28.1 Å². The fourth-order valence-electron chi connectivity index (χ4n) is 2.11. The molecule has 2 N–H and O–H groups in total. The van der Waals surface area contributed by atoms with E-state index in [9.17, 15) is 4.79 Å². The number of oxazole rings is 1.